The van der Waals surface area contributed by atoms with Crippen molar-refractivity contribution in [2.75, 3.05) is 4.90 Å². The maximum Gasteiger partial charge on any atom is 0.256 e. The van der Waals surface area contributed by atoms with E-state index in [0.29, 0.717) is 0 Å². The molecular weight excluding hydrogens is 1290 g/mol. The number of benzene rings is 14. The fourth-order valence-corrected chi connectivity index (χ4v) is 19.6. The van der Waals surface area contributed by atoms with Crippen LogP contribution >= 0.6 is 22.7 Å². The Hall–Kier alpha value is -11.2. The quantitative estimate of drug-likeness (QED) is 0.148. The molecule has 6 heterocycles. The van der Waals surface area contributed by atoms with Crippen molar-refractivity contribution in [2.24, 2.45) is 0 Å². The third-order valence-electron chi connectivity index (χ3n) is 22.2. The van der Waals surface area contributed by atoms with E-state index in [1.165, 1.54) is 112 Å². The molecule has 2 aliphatic rings. The van der Waals surface area contributed by atoms with Crippen LogP contribution in [-0.2, 0) is 16.2 Å². The van der Waals surface area contributed by atoms with Gasteiger partial charge in [0.2, 0.25) is 0 Å². The molecule has 2 aliphatic heterocycles. The molecule has 0 fully saturated rings. The zero-order valence-corrected chi connectivity index (χ0v) is 60.9. The number of thiophene rings is 2. The Morgan fingerprint density at radius 3 is 1.41 bits per heavy atom. The van der Waals surface area contributed by atoms with Gasteiger partial charge in [0.15, 0.2) is 0 Å². The number of hydrogen-bond donors (Lipinski definition) is 0. The van der Waals surface area contributed by atoms with Gasteiger partial charge in [-0.25, -0.2) is 0 Å². The van der Waals surface area contributed by atoms with Gasteiger partial charge >= 0.3 is 0 Å². The second-order valence-corrected chi connectivity index (χ2v) is 33.7. The zero-order valence-electron chi connectivity index (χ0n) is 59.3. The maximum absolute atomic E-state index is 7.88. The number of fused-ring (bicyclic) bond motifs is 17. The highest BCUT2D eigenvalue weighted by Gasteiger charge is 2.44. The van der Waals surface area contributed by atoms with E-state index in [4.69, 9.17) is 4.74 Å². The number of hydrogen-bond acceptors (Lipinski definition) is 4. The average Bonchev–Trinajstić information content (AvgIpc) is 0.994. The Morgan fingerprint density at radius 1 is 0.311 bits per heavy atom. The lowest BCUT2D eigenvalue weighted by atomic mass is 9.34. The number of rotatable bonds is 7. The molecule has 0 atom stereocenters. The van der Waals surface area contributed by atoms with Crippen LogP contribution in [0.25, 0.3) is 140 Å². The van der Waals surface area contributed by atoms with Crippen LogP contribution in [0.15, 0.2) is 285 Å². The van der Waals surface area contributed by atoms with Crippen LogP contribution in [0.2, 0.25) is 0 Å². The van der Waals surface area contributed by atoms with Crippen molar-refractivity contribution in [3.05, 3.63) is 302 Å². The molecular formula is C96H74BN3OS2. The van der Waals surface area contributed by atoms with E-state index in [1.807, 2.05) is 22.7 Å². The predicted molar refractivity (Wildman–Crippen MR) is 445 cm³/mol. The van der Waals surface area contributed by atoms with Gasteiger partial charge in [-0.3, -0.25) is 0 Å². The highest BCUT2D eigenvalue weighted by atomic mass is 32.1. The fraction of sp³-hybridized carbons (Fsp3) is 0.125. The first-order valence-corrected chi connectivity index (χ1v) is 37.8. The van der Waals surface area contributed by atoms with E-state index < -0.39 is 0 Å². The van der Waals surface area contributed by atoms with Crippen molar-refractivity contribution >= 4 is 147 Å². The first-order chi connectivity index (χ1) is 50.0. The van der Waals surface area contributed by atoms with E-state index in [9.17, 15) is 0 Å². The van der Waals surface area contributed by atoms with Crippen LogP contribution < -0.4 is 26.0 Å². The number of aromatic nitrogens is 2. The summed E-state index contributed by atoms with van der Waals surface area (Å²) in [6.45, 7) is 20.8. The van der Waals surface area contributed by atoms with Gasteiger partial charge in [0.05, 0.1) is 27.8 Å². The summed E-state index contributed by atoms with van der Waals surface area (Å²) in [4.78, 5) is 2.68. The molecule has 0 amide bonds. The molecule has 4 nitrogen and oxygen atoms in total. The van der Waals surface area contributed by atoms with E-state index in [-0.39, 0.29) is 23.0 Å². The van der Waals surface area contributed by atoms with Crippen molar-refractivity contribution < 1.29 is 4.74 Å². The molecule has 0 aliphatic carbocycles. The minimum Gasteiger partial charge on any atom is -0.458 e. The molecule has 20 rings (SSSR count). The van der Waals surface area contributed by atoms with Crippen molar-refractivity contribution in [3.8, 4) is 67.4 Å². The van der Waals surface area contributed by atoms with Gasteiger partial charge in [0.1, 0.15) is 11.5 Å². The van der Waals surface area contributed by atoms with Crippen molar-refractivity contribution in [3.63, 3.8) is 0 Å². The molecule has 4 aromatic heterocycles. The molecule has 0 N–H and O–H groups in total. The SMILES string of the molecule is CC(C)(C)c1cc(-c2ccccc2)c(N2c3cc(-n4c5ccc(C(C)(C)C)cc5c5cc(C(C)(C)C)ccc54)ccc3B3c4ccc(-n5c6ccccc6c6ccccc65)cc4Oc4cc(-c5cccc6c5sc5cc(-c7ccccc7)c7sc8ccccc8c7c56)cc2c43)c(-c2ccccc2)c1. The highest BCUT2D eigenvalue weighted by Crippen LogP contribution is 2.55. The standard InChI is InChI=1S/C96H74BN3OS2/c1-94(2,3)61-40-46-80-74(50-61)75-51-62(95(4,5)6)41-47-81(75)98(80)64-42-44-76-82(54-64)100(91-71(57-26-13-10-14-27-57)52-63(96(7,8)9)53-72(91)58-28-15-11-16-29-58)83-48-60(49-85-90(83)97(76)77-45-43-65(55-84(77)101-85)99-78-37-22-19-32-67(78)68-33-20-23-38-79(68)99)66-35-25-36-70-88-87(103-92(66)70)56-73(59-30-17-12-18-31-59)93-89(88)69-34-21-24-39-86(69)102-93/h10-56H,1-9H3. The van der Waals surface area contributed by atoms with Gasteiger partial charge in [0, 0.05) is 107 Å². The molecule has 0 saturated carbocycles. The second-order valence-electron chi connectivity index (χ2n) is 31.6. The lowest BCUT2D eigenvalue weighted by Crippen LogP contribution is -2.59. The first-order valence-electron chi connectivity index (χ1n) is 36.2. The van der Waals surface area contributed by atoms with Crippen molar-refractivity contribution in [1.82, 2.24) is 9.13 Å². The van der Waals surface area contributed by atoms with E-state index >= 15 is 0 Å². The van der Waals surface area contributed by atoms with Gasteiger partial charge in [-0.05, 0) is 168 Å². The number of anilines is 3. The fourth-order valence-electron chi connectivity index (χ4n) is 17.0. The summed E-state index contributed by atoms with van der Waals surface area (Å²) in [5.41, 5.74) is 26.6. The summed E-state index contributed by atoms with van der Waals surface area (Å²) in [5, 5.41) is 10.2. The third-order valence-corrected chi connectivity index (χ3v) is 24.6. The molecule has 0 radical (unpaired) electrons. The third kappa shape index (κ3) is 9.55. The van der Waals surface area contributed by atoms with Crippen LogP contribution in [0.3, 0.4) is 0 Å². The lowest BCUT2D eigenvalue weighted by molar-refractivity contribution is 0.487. The Balaban J connectivity index is 0.919. The van der Waals surface area contributed by atoms with Gasteiger partial charge < -0.3 is 18.8 Å². The summed E-state index contributed by atoms with van der Waals surface area (Å²) in [5.74, 6) is 1.69. The molecule has 0 bridgehead atoms. The van der Waals surface area contributed by atoms with Crippen molar-refractivity contribution in [1.29, 1.82) is 0 Å². The molecule has 0 saturated heterocycles. The number of para-hydroxylation sites is 2. The second kappa shape index (κ2) is 22.6. The normalized spacial score (nSPS) is 13.1. The average molecular weight is 1360 g/mol. The van der Waals surface area contributed by atoms with Crippen molar-refractivity contribution in [2.45, 2.75) is 78.6 Å². The topological polar surface area (TPSA) is 22.3 Å². The summed E-state index contributed by atoms with van der Waals surface area (Å²) in [6, 6.07) is 108. The molecule has 103 heavy (non-hydrogen) atoms. The van der Waals surface area contributed by atoms with Gasteiger partial charge in [-0.2, -0.15) is 0 Å². The van der Waals surface area contributed by atoms with E-state index in [2.05, 4.69) is 361 Å². The Morgan fingerprint density at radius 2 is 0.816 bits per heavy atom. The molecule has 0 unspecified atom stereocenters. The predicted octanol–water partition coefficient (Wildman–Crippen LogP) is 25.6. The van der Waals surface area contributed by atoms with Crippen LogP contribution in [0, 0.1) is 0 Å². The maximum atomic E-state index is 7.88. The number of ether oxygens (including phenoxy) is 1. The van der Waals surface area contributed by atoms with Gasteiger partial charge in [0.25, 0.3) is 6.71 Å². The number of nitrogens with zero attached hydrogens (tertiary/aromatic N) is 3. The summed E-state index contributed by atoms with van der Waals surface area (Å²) in [6.07, 6.45) is 0. The van der Waals surface area contributed by atoms with Gasteiger partial charge in [-0.1, -0.05) is 250 Å². The van der Waals surface area contributed by atoms with Crippen LogP contribution in [0.1, 0.15) is 79.0 Å². The summed E-state index contributed by atoms with van der Waals surface area (Å²) in [7, 11) is 0. The molecule has 14 aromatic carbocycles. The Kier molecular flexibility index (Phi) is 13.5. The molecule has 0 spiro atoms. The van der Waals surface area contributed by atoms with Crippen LogP contribution in [-0.4, -0.2) is 15.8 Å². The zero-order chi connectivity index (χ0) is 69.5. The van der Waals surface area contributed by atoms with Crippen LogP contribution in [0.4, 0.5) is 17.1 Å². The Bertz CT molecular complexity index is 6400. The minimum atomic E-state index is -0.233. The smallest absolute Gasteiger partial charge is 0.256 e. The Labute approximate surface area is 609 Å². The first kappa shape index (κ1) is 61.6. The lowest BCUT2D eigenvalue weighted by Gasteiger charge is -2.42. The van der Waals surface area contributed by atoms with E-state index in [0.717, 1.165) is 89.7 Å². The summed E-state index contributed by atoms with van der Waals surface area (Å²) < 4.78 is 18.0. The molecule has 7 heteroatoms. The molecule has 494 valence electrons. The molecule has 18 aromatic rings. The van der Waals surface area contributed by atoms with Crippen LogP contribution in [0.5, 0.6) is 11.5 Å². The van der Waals surface area contributed by atoms with E-state index in [1.54, 1.807) is 0 Å². The summed E-state index contributed by atoms with van der Waals surface area (Å²) >= 11 is 3.82. The highest BCUT2D eigenvalue weighted by molar-refractivity contribution is 7.28. The van der Waals surface area contributed by atoms with Gasteiger partial charge in [-0.15, -0.1) is 22.7 Å². The minimum absolute atomic E-state index is 0.0544. The monoisotopic (exact) mass is 1360 g/mol. The largest absolute Gasteiger partial charge is 0.458 e.